The molecule has 242 valence electrons. The van der Waals surface area contributed by atoms with E-state index in [1.165, 1.54) is 32.4 Å². The van der Waals surface area contributed by atoms with Crippen molar-refractivity contribution in [3.63, 3.8) is 0 Å². The fourth-order valence-corrected chi connectivity index (χ4v) is 8.56. The van der Waals surface area contributed by atoms with E-state index < -0.39 is 58.6 Å². The maximum Gasteiger partial charge on any atom is 0.260 e. The minimum absolute atomic E-state index is 0.0277. The van der Waals surface area contributed by atoms with Gasteiger partial charge in [0.25, 0.3) is 23.6 Å². The smallest absolute Gasteiger partial charge is 0.260 e. The van der Waals surface area contributed by atoms with Gasteiger partial charge in [-0.1, -0.05) is 53.1 Å². The van der Waals surface area contributed by atoms with Crippen molar-refractivity contribution >= 4 is 52.5 Å². The number of carbonyl (C=O) groups excluding carboxylic acids is 4. The van der Waals surface area contributed by atoms with Crippen LogP contribution in [0.3, 0.4) is 0 Å². The number of hydrazine groups is 1. The number of nitrogens with zero attached hydrogens (tertiary/aromatic N) is 2. The summed E-state index contributed by atoms with van der Waals surface area (Å²) < 4.78 is 11.2. The molecule has 13 heteroatoms. The number of hydrogen-bond acceptors (Lipinski definition) is 9. The van der Waals surface area contributed by atoms with E-state index in [1.54, 1.807) is 42.5 Å². The largest absolute Gasteiger partial charge is 0.508 e. The lowest BCUT2D eigenvalue weighted by atomic mass is 9.49. The number of halogens is 2. The summed E-state index contributed by atoms with van der Waals surface area (Å²) in [4.78, 5) is 56.1. The van der Waals surface area contributed by atoms with Crippen molar-refractivity contribution in [2.75, 3.05) is 19.6 Å². The van der Waals surface area contributed by atoms with Gasteiger partial charge in [0.1, 0.15) is 17.2 Å². The molecule has 0 aromatic heterocycles. The highest BCUT2D eigenvalue weighted by Gasteiger charge is 2.70. The van der Waals surface area contributed by atoms with E-state index in [0.717, 1.165) is 5.01 Å². The molecular weight excluding hydrogens is 649 g/mol. The number of hydroxylamine groups is 2. The third-order valence-corrected chi connectivity index (χ3v) is 10.6. The van der Waals surface area contributed by atoms with Crippen LogP contribution in [0.4, 0.5) is 5.69 Å². The zero-order chi connectivity index (χ0) is 33.4. The number of phenols is 1. The summed E-state index contributed by atoms with van der Waals surface area (Å²) in [7, 11) is 2.95. The lowest BCUT2D eigenvalue weighted by molar-refractivity contribution is -0.173. The summed E-state index contributed by atoms with van der Waals surface area (Å²) in [5.41, 5.74) is 3.26. The molecule has 3 fully saturated rings. The summed E-state index contributed by atoms with van der Waals surface area (Å²) in [6.45, 7) is 0. The van der Waals surface area contributed by atoms with Crippen LogP contribution in [-0.2, 0) is 24.6 Å². The molecule has 0 unspecified atom stereocenters. The van der Waals surface area contributed by atoms with Gasteiger partial charge in [0.2, 0.25) is 0 Å². The average Bonchev–Trinajstić information content (AvgIpc) is 3.42. The first-order valence-corrected chi connectivity index (χ1v) is 15.7. The quantitative estimate of drug-likeness (QED) is 0.184. The van der Waals surface area contributed by atoms with Crippen LogP contribution in [0.25, 0.3) is 0 Å². The number of ether oxygens (including phenoxy) is 2. The summed E-state index contributed by atoms with van der Waals surface area (Å²) in [5, 5.41) is 22.5. The van der Waals surface area contributed by atoms with Gasteiger partial charge in [0, 0.05) is 22.6 Å². The van der Waals surface area contributed by atoms with Crippen LogP contribution in [0.1, 0.15) is 29.9 Å². The summed E-state index contributed by atoms with van der Waals surface area (Å²) >= 11 is 12.6. The van der Waals surface area contributed by atoms with Gasteiger partial charge in [0.15, 0.2) is 0 Å². The SMILES string of the molecule is COc1ccc([C@@]23C(=O)N(Nc4ccc(Cl)cc4Cl)C(=O)[C@@H]2C[C@@H]2C(=CC[C@@H]4C(=O)N(O)C(=O)[C@@H]42)[C@@H]3c2ccc(O)cc2OC)cc1. The predicted octanol–water partition coefficient (Wildman–Crippen LogP) is 5.09. The summed E-state index contributed by atoms with van der Waals surface area (Å²) in [6, 6.07) is 16.0. The molecule has 2 aliphatic carbocycles. The lowest BCUT2D eigenvalue weighted by Crippen LogP contribution is -2.53. The first kappa shape index (κ1) is 31.0. The number of nitrogens with one attached hydrogen (secondary N) is 1. The van der Waals surface area contributed by atoms with E-state index in [-0.39, 0.29) is 40.1 Å². The Labute approximate surface area is 279 Å². The lowest BCUT2D eigenvalue weighted by Gasteiger charge is -2.50. The van der Waals surface area contributed by atoms with E-state index in [0.29, 0.717) is 27.5 Å². The van der Waals surface area contributed by atoms with E-state index in [1.807, 2.05) is 6.08 Å². The zero-order valence-electron chi connectivity index (χ0n) is 25.1. The molecule has 0 spiro atoms. The second-order valence-corrected chi connectivity index (χ2v) is 13.0. The van der Waals surface area contributed by atoms with Crippen LogP contribution in [0.2, 0.25) is 10.0 Å². The number of hydrogen-bond donors (Lipinski definition) is 3. The van der Waals surface area contributed by atoms with Crippen molar-refractivity contribution in [2.24, 2.45) is 23.7 Å². The maximum absolute atomic E-state index is 15.2. The van der Waals surface area contributed by atoms with Crippen LogP contribution in [-0.4, -0.2) is 58.2 Å². The highest BCUT2D eigenvalue weighted by molar-refractivity contribution is 6.36. The number of amides is 4. The Morgan fingerprint density at radius 2 is 1.64 bits per heavy atom. The van der Waals surface area contributed by atoms with Crippen molar-refractivity contribution in [3.05, 3.63) is 93.5 Å². The fourth-order valence-electron chi connectivity index (χ4n) is 8.11. The van der Waals surface area contributed by atoms with Crippen LogP contribution >= 0.6 is 23.2 Å². The summed E-state index contributed by atoms with van der Waals surface area (Å²) in [6.07, 6.45) is 2.02. The average molecular weight is 679 g/mol. The van der Waals surface area contributed by atoms with E-state index in [2.05, 4.69) is 5.43 Å². The highest BCUT2D eigenvalue weighted by Crippen LogP contribution is 2.65. The molecule has 2 saturated heterocycles. The Balaban J connectivity index is 1.50. The fraction of sp³-hybridized carbons (Fsp3) is 0.294. The molecule has 1 saturated carbocycles. The number of anilines is 1. The van der Waals surface area contributed by atoms with Gasteiger partial charge in [-0.2, -0.15) is 10.1 Å². The number of phenolic OH excluding ortho intramolecular Hbond substituents is 1. The van der Waals surface area contributed by atoms with Gasteiger partial charge in [-0.15, -0.1) is 0 Å². The molecule has 3 aromatic carbocycles. The number of rotatable bonds is 6. The Morgan fingerprint density at radius 1 is 0.894 bits per heavy atom. The Kier molecular flexibility index (Phi) is 7.46. The first-order valence-electron chi connectivity index (χ1n) is 14.9. The minimum atomic E-state index is -1.60. The molecule has 11 nitrogen and oxygen atoms in total. The van der Waals surface area contributed by atoms with Gasteiger partial charge in [-0.25, -0.2) is 0 Å². The molecule has 0 radical (unpaired) electrons. The Hall–Kier alpha value is -4.58. The van der Waals surface area contributed by atoms with Crippen LogP contribution < -0.4 is 14.9 Å². The minimum Gasteiger partial charge on any atom is -0.508 e. The number of allylic oxidation sites excluding steroid dienone is 2. The van der Waals surface area contributed by atoms with Crippen molar-refractivity contribution in [3.8, 4) is 17.2 Å². The maximum atomic E-state index is 15.2. The normalized spacial score (nSPS) is 28.1. The molecule has 47 heavy (non-hydrogen) atoms. The van der Waals surface area contributed by atoms with Gasteiger partial charge in [0.05, 0.1) is 48.1 Å². The number of benzene rings is 3. The molecule has 2 aliphatic heterocycles. The van der Waals surface area contributed by atoms with Crippen LogP contribution in [0.15, 0.2) is 72.3 Å². The highest BCUT2D eigenvalue weighted by atomic mass is 35.5. The molecule has 3 N–H and O–H groups in total. The van der Waals surface area contributed by atoms with E-state index >= 15 is 4.79 Å². The standard InChI is InChI=1S/C34H29Cl2N3O8/c1-46-19-7-3-16(4-8-19)34-24(31(42)38(33(34)44)37-26-12-5-17(35)13-25(26)36)15-23-20(10-11-22-28(23)32(43)39(45)30(22)41)29(34)21-9-6-18(40)14-27(21)47-2/h3-10,12-14,22-24,28-29,37,40,45H,11,15H2,1-2H3/t22-,23+,24-,28-,29+,34+/m0/s1. The number of methoxy groups -OCH3 is 2. The molecular formula is C34H29Cl2N3O8. The van der Waals surface area contributed by atoms with Gasteiger partial charge >= 0.3 is 0 Å². The summed E-state index contributed by atoms with van der Waals surface area (Å²) in [5.74, 6) is -6.28. The molecule has 7 rings (SSSR count). The van der Waals surface area contributed by atoms with Crippen molar-refractivity contribution in [2.45, 2.75) is 24.2 Å². The number of imide groups is 2. The monoisotopic (exact) mass is 677 g/mol. The van der Waals surface area contributed by atoms with Crippen molar-refractivity contribution in [1.82, 2.24) is 10.1 Å². The predicted molar refractivity (Wildman–Crippen MR) is 169 cm³/mol. The first-order chi connectivity index (χ1) is 22.5. The molecule has 3 aromatic rings. The Bertz CT molecular complexity index is 1880. The molecule has 2 heterocycles. The molecule has 0 bridgehead atoms. The Morgan fingerprint density at radius 3 is 2.32 bits per heavy atom. The number of aromatic hydroxyl groups is 1. The zero-order valence-corrected chi connectivity index (χ0v) is 26.7. The van der Waals surface area contributed by atoms with Gasteiger partial charge in [-0.3, -0.25) is 29.8 Å². The third kappa shape index (κ3) is 4.44. The van der Waals surface area contributed by atoms with Crippen LogP contribution in [0, 0.1) is 23.7 Å². The molecule has 4 amide bonds. The molecule has 4 aliphatic rings. The number of carbonyl (C=O) groups is 4. The second-order valence-electron chi connectivity index (χ2n) is 12.1. The third-order valence-electron chi connectivity index (χ3n) is 10.1. The van der Waals surface area contributed by atoms with Crippen molar-refractivity contribution in [1.29, 1.82) is 0 Å². The van der Waals surface area contributed by atoms with E-state index in [9.17, 15) is 24.7 Å². The van der Waals surface area contributed by atoms with E-state index in [4.69, 9.17) is 32.7 Å². The van der Waals surface area contributed by atoms with Crippen molar-refractivity contribution < 1.29 is 39.0 Å². The second kappa shape index (κ2) is 11.3. The molecule has 6 atom stereocenters. The van der Waals surface area contributed by atoms with Gasteiger partial charge < -0.3 is 14.6 Å². The topological polar surface area (TPSA) is 146 Å². The van der Waals surface area contributed by atoms with Crippen LogP contribution in [0.5, 0.6) is 17.2 Å². The number of fused-ring (bicyclic) bond motifs is 4. The van der Waals surface area contributed by atoms with Gasteiger partial charge in [-0.05, 0) is 60.7 Å².